The molecule has 0 saturated carbocycles. The number of carbonyl (C=O) groups is 2. The minimum Gasteiger partial charge on any atom is -0.485 e. The Kier molecular flexibility index (Phi) is 3.56. The van der Waals surface area contributed by atoms with Crippen molar-refractivity contribution in [1.29, 1.82) is 5.26 Å². The molecule has 23 heavy (non-hydrogen) atoms. The Labute approximate surface area is 135 Å². The number of ketones is 1. The van der Waals surface area contributed by atoms with Crippen LogP contribution in [0.2, 0.25) is 0 Å². The summed E-state index contributed by atoms with van der Waals surface area (Å²) in [6.07, 6.45) is 3.16. The second-order valence-corrected chi connectivity index (χ2v) is 6.89. The van der Waals surface area contributed by atoms with Gasteiger partial charge in [0.25, 0.3) is 0 Å². The van der Waals surface area contributed by atoms with Crippen molar-refractivity contribution in [3.8, 4) is 6.07 Å². The predicted molar refractivity (Wildman–Crippen MR) is 80.8 cm³/mol. The topological polar surface area (TPSA) is 90.6 Å². The van der Waals surface area contributed by atoms with Crippen LogP contribution in [-0.2, 0) is 14.3 Å². The van der Waals surface area contributed by atoms with Crippen LogP contribution < -0.4 is 0 Å². The Hall–Kier alpha value is -2.13. The minimum atomic E-state index is -1.04. The molecule has 0 aromatic heterocycles. The molecule has 4 atom stereocenters. The number of carbonyl (C=O) groups excluding carboxylic acids is 2. The molecule has 0 aromatic rings. The second-order valence-electron chi connectivity index (χ2n) is 6.89. The average Bonchev–Trinajstić information content (AvgIpc) is 2.81. The van der Waals surface area contributed by atoms with Crippen LogP contribution in [0.3, 0.4) is 0 Å². The Bertz CT molecular complexity index is 671. The summed E-state index contributed by atoms with van der Waals surface area (Å²) in [5.41, 5.74) is -0.691. The van der Waals surface area contributed by atoms with Crippen molar-refractivity contribution in [3.63, 3.8) is 0 Å². The van der Waals surface area contributed by atoms with Crippen LogP contribution in [0.25, 0.3) is 0 Å². The number of nitriles is 1. The standard InChI is InChI=1S/C17H20N2O4/c1-9-4-7-12(20)19(9)14-13-11(23-17(2,3)16(14)22)6-5-10(8-18)15(13)21/h5-6,9-10,14,16,22H,4,7H2,1-3H3/t9-,10?,14-,16-/m1/s1. The maximum Gasteiger partial charge on any atom is 0.223 e. The molecule has 2 aliphatic heterocycles. The lowest BCUT2D eigenvalue weighted by atomic mass is 9.78. The molecule has 1 fully saturated rings. The van der Waals surface area contributed by atoms with E-state index in [9.17, 15) is 14.7 Å². The monoisotopic (exact) mass is 316 g/mol. The lowest BCUT2D eigenvalue weighted by molar-refractivity contribution is -0.146. The molecule has 3 aliphatic rings. The summed E-state index contributed by atoms with van der Waals surface area (Å²) in [7, 11) is 0. The van der Waals surface area contributed by atoms with Crippen LogP contribution in [0.15, 0.2) is 23.5 Å². The van der Waals surface area contributed by atoms with Crippen LogP contribution in [-0.4, -0.2) is 45.5 Å². The zero-order chi connectivity index (χ0) is 16.9. The lowest BCUT2D eigenvalue weighted by Crippen LogP contribution is -2.60. The molecule has 1 unspecified atom stereocenters. The van der Waals surface area contributed by atoms with E-state index in [0.29, 0.717) is 18.6 Å². The first kappa shape index (κ1) is 15.8. The van der Waals surface area contributed by atoms with Gasteiger partial charge in [-0.25, -0.2) is 0 Å². The number of Topliss-reactive ketones (excluding diaryl/α,β-unsaturated/α-hetero) is 1. The van der Waals surface area contributed by atoms with Crippen molar-refractivity contribution in [2.75, 3.05) is 0 Å². The normalized spacial score (nSPS) is 35.9. The van der Waals surface area contributed by atoms with Gasteiger partial charge in [-0.1, -0.05) is 6.08 Å². The highest BCUT2D eigenvalue weighted by atomic mass is 16.5. The Morgan fingerprint density at radius 1 is 1.43 bits per heavy atom. The maximum absolute atomic E-state index is 12.7. The third-order valence-electron chi connectivity index (χ3n) is 4.91. The van der Waals surface area contributed by atoms with Gasteiger partial charge in [0, 0.05) is 12.5 Å². The highest BCUT2D eigenvalue weighted by molar-refractivity contribution is 6.03. The second kappa shape index (κ2) is 5.20. The van der Waals surface area contributed by atoms with Crippen LogP contribution >= 0.6 is 0 Å². The summed E-state index contributed by atoms with van der Waals surface area (Å²) >= 11 is 0. The number of allylic oxidation sites excluding steroid dienone is 2. The molecule has 122 valence electrons. The molecule has 2 heterocycles. The van der Waals surface area contributed by atoms with Gasteiger partial charge in [0.1, 0.15) is 23.4 Å². The third kappa shape index (κ3) is 2.27. The average molecular weight is 316 g/mol. The number of amides is 1. The van der Waals surface area contributed by atoms with Crippen LogP contribution in [0.1, 0.15) is 33.6 Å². The largest absolute Gasteiger partial charge is 0.485 e. The number of nitrogens with zero attached hydrogens (tertiary/aromatic N) is 2. The highest BCUT2D eigenvalue weighted by Crippen LogP contribution is 2.41. The summed E-state index contributed by atoms with van der Waals surface area (Å²) in [5, 5.41) is 19.9. The van der Waals surface area contributed by atoms with Crippen molar-refractivity contribution >= 4 is 11.7 Å². The van der Waals surface area contributed by atoms with Gasteiger partial charge < -0.3 is 14.7 Å². The fourth-order valence-electron chi connectivity index (χ4n) is 3.58. The molecule has 0 spiro atoms. The molecule has 1 amide bonds. The van der Waals surface area contributed by atoms with E-state index in [1.54, 1.807) is 24.8 Å². The predicted octanol–water partition coefficient (Wildman–Crippen LogP) is 1.07. The van der Waals surface area contributed by atoms with Crippen molar-refractivity contribution in [2.24, 2.45) is 5.92 Å². The fraction of sp³-hybridized carbons (Fsp3) is 0.588. The zero-order valence-corrected chi connectivity index (χ0v) is 13.4. The van der Waals surface area contributed by atoms with Crippen LogP contribution in [0.4, 0.5) is 0 Å². The maximum atomic E-state index is 12.7. The first-order valence-corrected chi connectivity index (χ1v) is 7.82. The quantitative estimate of drug-likeness (QED) is 0.781. The summed E-state index contributed by atoms with van der Waals surface area (Å²) in [4.78, 5) is 26.6. The van der Waals surface area contributed by atoms with E-state index in [-0.39, 0.29) is 17.5 Å². The number of aliphatic hydroxyl groups excluding tert-OH is 1. The van der Waals surface area contributed by atoms with Crippen molar-refractivity contribution in [2.45, 2.75) is 57.4 Å². The Morgan fingerprint density at radius 3 is 2.70 bits per heavy atom. The van der Waals surface area contributed by atoms with Gasteiger partial charge in [0.05, 0.1) is 17.7 Å². The van der Waals surface area contributed by atoms with E-state index in [1.165, 1.54) is 6.08 Å². The van der Waals surface area contributed by atoms with E-state index in [0.717, 1.165) is 0 Å². The third-order valence-corrected chi connectivity index (χ3v) is 4.91. The van der Waals surface area contributed by atoms with E-state index >= 15 is 0 Å². The number of hydrogen-bond donors (Lipinski definition) is 1. The highest BCUT2D eigenvalue weighted by Gasteiger charge is 2.52. The number of ether oxygens (including phenoxy) is 1. The smallest absolute Gasteiger partial charge is 0.223 e. The Balaban J connectivity index is 2.14. The number of likely N-dealkylation sites (tertiary alicyclic amines) is 1. The summed E-state index contributed by atoms with van der Waals surface area (Å²) < 4.78 is 5.79. The molecule has 6 heteroatoms. The molecule has 0 bridgehead atoms. The van der Waals surface area contributed by atoms with E-state index in [1.807, 2.05) is 13.0 Å². The summed E-state index contributed by atoms with van der Waals surface area (Å²) in [6.45, 7) is 5.37. The minimum absolute atomic E-state index is 0.0657. The van der Waals surface area contributed by atoms with Crippen molar-refractivity contribution < 1.29 is 19.4 Å². The van der Waals surface area contributed by atoms with Gasteiger partial charge in [-0.15, -0.1) is 0 Å². The molecule has 0 radical (unpaired) electrons. The number of aliphatic hydroxyl groups is 1. The molecule has 0 aromatic carbocycles. The van der Waals surface area contributed by atoms with E-state index in [2.05, 4.69) is 0 Å². The lowest BCUT2D eigenvalue weighted by Gasteiger charge is -2.47. The molecular formula is C17H20N2O4. The first-order chi connectivity index (χ1) is 10.8. The van der Waals surface area contributed by atoms with Crippen LogP contribution in [0, 0.1) is 17.2 Å². The van der Waals surface area contributed by atoms with Gasteiger partial charge in [0.15, 0.2) is 5.78 Å². The molecule has 3 rings (SSSR count). The summed E-state index contributed by atoms with van der Waals surface area (Å²) in [6, 6.07) is 1.11. The fourth-order valence-corrected chi connectivity index (χ4v) is 3.58. The van der Waals surface area contributed by atoms with E-state index < -0.39 is 29.4 Å². The molecule has 1 N–H and O–H groups in total. The van der Waals surface area contributed by atoms with Crippen LogP contribution in [0.5, 0.6) is 0 Å². The summed E-state index contributed by atoms with van der Waals surface area (Å²) in [5.74, 6) is -1.02. The molecule has 1 aliphatic carbocycles. The van der Waals surface area contributed by atoms with Gasteiger partial charge in [-0.05, 0) is 33.3 Å². The van der Waals surface area contributed by atoms with Crippen molar-refractivity contribution in [3.05, 3.63) is 23.5 Å². The Morgan fingerprint density at radius 2 is 2.13 bits per heavy atom. The molecule has 1 saturated heterocycles. The molecular weight excluding hydrogens is 296 g/mol. The van der Waals surface area contributed by atoms with E-state index in [4.69, 9.17) is 10.00 Å². The van der Waals surface area contributed by atoms with Crippen molar-refractivity contribution in [1.82, 2.24) is 4.90 Å². The molecule has 6 nitrogen and oxygen atoms in total. The van der Waals surface area contributed by atoms with Gasteiger partial charge in [0.2, 0.25) is 5.91 Å². The number of hydrogen-bond acceptors (Lipinski definition) is 5. The van der Waals surface area contributed by atoms with Gasteiger partial charge in [-0.3, -0.25) is 9.59 Å². The number of rotatable bonds is 1. The van der Waals surface area contributed by atoms with Gasteiger partial charge in [-0.2, -0.15) is 5.26 Å². The van der Waals surface area contributed by atoms with Gasteiger partial charge >= 0.3 is 0 Å². The zero-order valence-electron chi connectivity index (χ0n) is 13.4. The first-order valence-electron chi connectivity index (χ1n) is 7.82. The SMILES string of the molecule is C[C@@H]1CCC(=O)N1[C@@H]1C2=C(C=CC(C#N)C2=O)OC(C)(C)[C@@H]1O.